The second-order valence-corrected chi connectivity index (χ2v) is 7.04. The van der Waals surface area contributed by atoms with Gasteiger partial charge >= 0.3 is 17.6 Å². The van der Waals surface area contributed by atoms with Crippen LogP contribution in [-0.2, 0) is 6.54 Å². The fourth-order valence-corrected chi connectivity index (χ4v) is 3.12. The van der Waals surface area contributed by atoms with Crippen LogP contribution in [0.4, 0.5) is 0 Å². The fraction of sp³-hybridized carbons (Fsp3) is 0.200. The molecule has 0 bridgehead atoms. The highest BCUT2D eigenvalue weighted by Gasteiger charge is 2.18. The molecule has 0 aliphatic rings. The molecule has 0 unspecified atom stereocenters. The smallest absolute Gasteiger partial charge is 0.408 e. The van der Waals surface area contributed by atoms with Gasteiger partial charge in [-0.1, -0.05) is 54.0 Å². The van der Waals surface area contributed by atoms with Gasteiger partial charge in [-0.15, -0.1) is 0 Å². The minimum absolute atomic E-state index is 0.0105. The van der Waals surface area contributed by atoms with Gasteiger partial charge in [-0.05, 0) is 29.7 Å². The van der Waals surface area contributed by atoms with E-state index in [0.29, 0.717) is 22.7 Å². The molecule has 0 radical (unpaired) electrons. The van der Waals surface area contributed by atoms with E-state index < -0.39 is 11.7 Å². The molecule has 2 heterocycles. The maximum absolute atomic E-state index is 12.3. The first-order valence-electron chi connectivity index (χ1n) is 8.96. The zero-order chi connectivity index (χ0) is 20.4. The van der Waals surface area contributed by atoms with Crippen molar-refractivity contribution in [3.05, 3.63) is 81.4 Å². The monoisotopic (exact) mass is 412 g/mol. The van der Waals surface area contributed by atoms with E-state index in [1.807, 2.05) is 37.3 Å². The summed E-state index contributed by atoms with van der Waals surface area (Å²) in [7, 11) is 0. The number of oxazole rings is 1. The van der Waals surface area contributed by atoms with Crippen molar-refractivity contribution in [2.75, 3.05) is 6.54 Å². The number of nitrogens with zero attached hydrogens (tertiary/aromatic N) is 3. The predicted octanol–water partition coefficient (Wildman–Crippen LogP) is 3.21. The van der Waals surface area contributed by atoms with Crippen LogP contribution in [0, 0.1) is 0 Å². The first-order valence-corrected chi connectivity index (χ1v) is 9.33. The summed E-state index contributed by atoms with van der Waals surface area (Å²) in [5.41, 5.74) is 2.02. The molecule has 4 aromatic rings. The third-order valence-corrected chi connectivity index (χ3v) is 4.76. The summed E-state index contributed by atoms with van der Waals surface area (Å²) in [6, 6.07) is 14.7. The van der Waals surface area contributed by atoms with Crippen LogP contribution in [0.3, 0.4) is 0 Å². The number of carbonyl (C=O) groups excluding carboxylic acids is 1. The second-order valence-electron chi connectivity index (χ2n) is 6.60. The largest absolute Gasteiger partial charge is 0.420 e. The van der Waals surface area contributed by atoms with E-state index in [9.17, 15) is 9.59 Å². The summed E-state index contributed by atoms with van der Waals surface area (Å²) in [5, 5.41) is 7.03. The first kappa shape index (κ1) is 18.9. The highest BCUT2D eigenvalue weighted by molar-refractivity contribution is 6.31. The summed E-state index contributed by atoms with van der Waals surface area (Å²) in [6.07, 6.45) is 0. The van der Waals surface area contributed by atoms with Crippen molar-refractivity contribution < 1.29 is 13.7 Å². The Kier molecular flexibility index (Phi) is 5.18. The van der Waals surface area contributed by atoms with Gasteiger partial charge in [0.2, 0.25) is 0 Å². The van der Waals surface area contributed by atoms with Gasteiger partial charge in [0.15, 0.2) is 11.4 Å². The van der Waals surface area contributed by atoms with Crippen molar-refractivity contribution in [1.29, 1.82) is 0 Å². The number of fused-ring (bicyclic) bond motifs is 1. The van der Waals surface area contributed by atoms with Crippen molar-refractivity contribution >= 4 is 28.6 Å². The number of hydrogen-bond donors (Lipinski definition) is 1. The summed E-state index contributed by atoms with van der Waals surface area (Å²) in [5.74, 6) is -0.910. The molecule has 4 rings (SSSR count). The van der Waals surface area contributed by atoms with Gasteiger partial charge in [-0.25, -0.2) is 4.79 Å². The molecule has 0 saturated heterocycles. The third kappa shape index (κ3) is 4.07. The number of carbonyl (C=O) groups is 1. The minimum atomic E-state index is -0.574. The Labute approximate surface area is 170 Å². The van der Waals surface area contributed by atoms with E-state index in [4.69, 9.17) is 20.5 Å². The van der Waals surface area contributed by atoms with Crippen LogP contribution in [-0.4, -0.2) is 27.2 Å². The summed E-state index contributed by atoms with van der Waals surface area (Å²) in [6.45, 7) is 2.42. The lowest BCUT2D eigenvalue weighted by atomic mass is 10.0. The molecule has 29 heavy (non-hydrogen) atoms. The van der Waals surface area contributed by atoms with Crippen LogP contribution in [0.1, 0.15) is 34.9 Å². The normalized spacial score (nSPS) is 12.2. The molecule has 0 fully saturated rings. The average molecular weight is 413 g/mol. The lowest BCUT2D eigenvalue weighted by Gasteiger charge is -2.11. The third-order valence-electron chi connectivity index (χ3n) is 4.53. The van der Waals surface area contributed by atoms with Gasteiger partial charge in [0.1, 0.15) is 0 Å². The maximum Gasteiger partial charge on any atom is 0.420 e. The molecule has 2 aromatic carbocycles. The molecule has 0 aliphatic heterocycles. The van der Waals surface area contributed by atoms with Crippen molar-refractivity contribution in [2.24, 2.45) is 0 Å². The van der Waals surface area contributed by atoms with Crippen LogP contribution in [0.25, 0.3) is 11.1 Å². The number of benzene rings is 2. The highest BCUT2D eigenvalue weighted by Crippen LogP contribution is 2.19. The van der Waals surface area contributed by atoms with Gasteiger partial charge < -0.3 is 14.3 Å². The lowest BCUT2D eigenvalue weighted by Crippen LogP contribution is -2.27. The van der Waals surface area contributed by atoms with Crippen LogP contribution < -0.4 is 11.1 Å². The van der Waals surface area contributed by atoms with Gasteiger partial charge in [0.05, 0.1) is 12.1 Å². The number of nitrogens with one attached hydrogen (secondary N) is 1. The minimum Gasteiger partial charge on any atom is -0.408 e. The summed E-state index contributed by atoms with van der Waals surface area (Å²) >= 11 is 5.99. The highest BCUT2D eigenvalue weighted by atomic mass is 35.5. The molecule has 1 atom stereocenters. The Bertz CT molecular complexity index is 1210. The number of rotatable bonds is 6. The predicted molar refractivity (Wildman–Crippen MR) is 106 cm³/mol. The maximum atomic E-state index is 12.3. The Morgan fingerprint density at radius 2 is 2.03 bits per heavy atom. The van der Waals surface area contributed by atoms with E-state index in [1.165, 1.54) is 4.57 Å². The van der Waals surface area contributed by atoms with E-state index >= 15 is 0 Å². The standard InChI is InChI=1S/C20H17ClN4O4/c1-12(13-5-3-2-4-6-13)10-22-18(26)19-23-17(24-29-19)11-25-15-9-14(21)7-8-16(15)28-20(25)27/h2-9,12H,10-11H2,1H3,(H,22,26)/t12-/m1/s1. The molecule has 8 nitrogen and oxygen atoms in total. The van der Waals surface area contributed by atoms with Crippen molar-refractivity contribution in [2.45, 2.75) is 19.4 Å². The van der Waals surface area contributed by atoms with Gasteiger partial charge in [0.25, 0.3) is 0 Å². The molecular formula is C20H17ClN4O4. The zero-order valence-electron chi connectivity index (χ0n) is 15.5. The van der Waals surface area contributed by atoms with Crippen LogP contribution in [0.15, 0.2) is 62.3 Å². The molecule has 1 amide bonds. The second kappa shape index (κ2) is 7.92. The van der Waals surface area contributed by atoms with Crippen LogP contribution >= 0.6 is 11.6 Å². The van der Waals surface area contributed by atoms with Crippen molar-refractivity contribution in [3.8, 4) is 0 Å². The number of amides is 1. The van der Waals surface area contributed by atoms with Crippen molar-refractivity contribution in [3.63, 3.8) is 0 Å². The van der Waals surface area contributed by atoms with E-state index in [0.717, 1.165) is 5.56 Å². The Balaban J connectivity index is 1.45. The fourth-order valence-electron chi connectivity index (χ4n) is 2.96. The molecular weight excluding hydrogens is 396 g/mol. The first-order chi connectivity index (χ1) is 14.0. The molecule has 0 spiro atoms. The van der Waals surface area contributed by atoms with Gasteiger partial charge in [-0.3, -0.25) is 9.36 Å². The average Bonchev–Trinajstić information content (AvgIpc) is 3.32. The molecule has 9 heteroatoms. The quantitative estimate of drug-likeness (QED) is 0.521. The molecule has 0 aliphatic carbocycles. The number of aromatic nitrogens is 3. The zero-order valence-corrected chi connectivity index (χ0v) is 16.2. The lowest BCUT2D eigenvalue weighted by molar-refractivity contribution is 0.0907. The SMILES string of the molecule is C[C@H](CNC(=O)c1nc(Cn2c(=O)oc3ccc(Cl)cc32)no1)c1ccccc1. The molecule has 1 N–H and O–H groups in total. The summed E-state index contributed by atoms with van der Waals surface area (Å²) in [4.78, 5) is 28.5. The number of halogens is 1. The number of hydrogen-bond acceptors (Lipinski definition) is 6. The van der Waals surface area contributed by atoms with Crippen LogP contribution in [0.5, 0.6) is 0 Å². The molecule has 2 aromatic heterocycles. The van der Waals surface area contributed by atoms with E-state index in [-0.39, 0.29) is 24.2 Å². The van der Waals surface area contributed by atoms with Crippen molar-refractivity contribution in [1.82, 2.24) is 20.0 Å². The Morgan fingerprint density at radius 1 is 1.24 bits per heavy atom. The molecule has 0 saturated carbocycles. The van der Waals surface area contributed by atoms with Gasteiger partial charge in [0, 0.05) is 11.6 Å². The van der Waals surface area contributed by atoms with Crippen LogP contribution in [0.2, 0.25) is 5.02 Å². The summed E-state index contributed by atoms with van der Waals surface area (Å²) < 4.78 is 11.5. The van der Waals surface area contributed by atoms with E-state index in [1.54, 1.807) is 18.2 Å². The van der Waals surface area contributed by atoms with Gasteiger partial charge in [-0.2, -0.15) is 4.98 Å². The Morgan fingerprint density at radius 3 is 2.83 bits per heavy atom. The van der Waals surface area contributed by atoms with E-state index in [2.05, 4.69) is 15.5 Å². The molecule has 148 valence electrons. The Hall–Kier alpha value is -3.39. The topological polar surface area (TPSA) is 103 Å².